The Morgan fingerprint density at radius 3 is 2.48 bits per heavy atom. The van der Waals surface area contributed by atoms with Gasteiger partial charge in [-0.3, -0.25) is 4.79 Å². The third-order valence-electron chi connectivity index (χ3n) is 5.47. The first kappa shape index (κ1) is 22.1. The number of aromatic nitrogens is 2. The molecule has 152 valence electrons. The summed E-state index contributed by atoms with van der Waals surface area (Å²) in [5.74, 6) is -0.292. The van der Waals surface area contributed by atoms with E-state index in [9.17, 15) is 10.1 Å². The molecule has 29 heavy (non-hydrogen) atoms. The number of nitriles is 1. The van der Waals surface area contributed by atoms with Crippen LogP contribution in [-0.2, 0) is 24.5 Å². The molecule has 0 saturated heterocycles. The lowest BCUT2D eigenvalue weighted by Gasteiger charge is -2.25. The van der Waals surface area contributed by atoms with Crippen molar-refractivity contribution in [3.05, 3.63) is 48.5 Å². The van der Waals surface area contributed by atoms with E-state index >= 15 is 0 Å². The van der Waals surface area contributed by atoms with Gasteiger partial charge in [0, 0.05) is 11.9 Å². The second kappa shape index (κ2) is 8.85. The van der Waals surface area contributed by atoms with Crippen LogP contribution < -0.4 is 0 Å². The zero-order valence-corrected chi connectivity index (χ0v) is 17.1. The molecule has 0 bridgehead atoms. The van der Waals surface area contributed by atoms with Crippen LogP contribution in [0.1, 0.15) is 39.3 Å². The number of hydrogen-bond donors (Lipinski definition) is 0. The number of carbonyl (C=O) groups excluding carboxylic acids is 3. The molecule has 1 aliphatic rings. The van der Waals surface area contributed by atoms with Gasteiger partial charge < -0.3 is 9.30 Å². The third-order valence-corrected chi connectivity index (χ3v) is 5.47. The molecule has 1 fully saturated rings. The van der Waals surface area contributed by atoms with Crippen molar-refractivity contribution >= 4 is 12.1 Å². The minimum Gasteiger partial charge on any atom is -0.468 e. The predicted molar refractivity (Wildman–Crippen MR) is 104 cm³/mol. The molecule has 2 unspecified atom stereocenters. The minimum absolute atomic E-state index is 0.0814. The molecule has 1 heterocycles. The molecular weight excluding hydrogens is 370 g/mol. The van der Waals surface area contributed by atoms with Crippen LogP contribution in [0.2, 0.25) is 0 Å². The summed E-state index contributed by atoms with van der Waals surface area (Å²) < 4.78 is 7.02. The number of esters is 1. The van der Waals surface area contributed by atoms with Crippen LogP contribution in [0.15, 0.2) is 42.9 Å². The standard InChI is InChI=1S/C21H25N3O2.CO2/c1-20(2,3)16(12-22)10-15-11-21(15,19(25)26-4)18-13-24(14-23-18)17-8-6-5-7-9-17;2-1-3/h5-9,13-16H,10-11H2,1-4H3;/t15-,16?,21?;/m0./s1. The maximum atomic E-state index is 12.6. The largest absolute Gasteiger partial charge is 0.468 e. The number of nitrogens with zero attached hydrogens (tertiary/aromatic N) is 3. The van der Waals surface area contributed by atoms with Gasteiger partial charge in [0.1, 0.15) is 5.41 Å². The summed E-state index contributed by atoms with van der Waals surface area (Å²) in [5.41, 5.74) is 0.870. The SMILES string of the molecule is COC(=O)C1(c2cn(-c3ccccc3)cn2)C[C@@H]1CC(C#N)C(C)(C)C.O=C=O. The van der Waals surface area contributed by atoms with Gasteiger partial charge in [-0.1, -0.05) is 39.0 Å². The number of methoxy groups -OCH3 is 1. The zero-order chi connectivity index (χ0) is 21.7. The maximum Gasteiger partial charge on any atom is 0.373 e. The van der Waals surface area contributed by atoms with E-state index in [0.717, 1.165) is 11.4 Å². The highest BCUT2D eigenvalue weighted by atomic mass is 16.5. The van der Waals surface area contributed by atoms with Crippen LogP contribution in [-0.4, -0.2) is 28.8 Å². The topological polar surface area (TPSA) is 102 Å². The maximum absolute atomic E-state index is 12.6. The molecule has 3 rings (SSSR count). The molecular formula is C22H25N3O4. The highest BCUT2D eigenvalue weighted by molar-refractivity contribution is 5.86. The minimum atomic E-state index is -0.727. The van der Waals surface area contributed by atoms with Crippen LogP contribution >= 0.6 is 0 Å². The van der Waals surface area contributed by atoms with Crippen molar-refractivity contribution in [2.24, 2.45) is 17.3 Å². The first-order chi connectivity index (χ1) is 13.7. The zero-order valence-electron chi connectivity index (χ0n) is 17.1. The van der Waals surface area contributed by atoms with Gasteiger partial charge in [0.05, 0.1) is 31.1 Å². The Bertz CT molecular complexity index is 918. The van der Waals surface area contributed by atoms with E-state index in [1.54, 1.807) is 6.33 Å². The van der Waals surface area contributed by atoms with Gasteiger partial charge in [-0.25, -0.2) is 4.98 Å². The fourth-order valence-electron chi connectivity index (χ4n) is 3.64. The van der Waals surface area contributed by atoms with E-state index in [0.29, 0.717) is 12.8 Å². The molecule has 3 atom stereocenters. The Labute approximate surface area is 170 Å². The first-order valence-corrected chi connectivity index (χ1v) is 9.31. The molecule has 1 aliphatic carbocycles. The monoisotopic (exact) mass is 395 g/mol. The van der Waals surface area contributed by atoms with E-state index in [1.165, 1.54) is 7.11 Å². The van der Waals surface area contributed by atoms with Crippen molar-refractivity contribution < 1.29 is 19.1 Å². The van der Waals surface area contributed by atoms with Crippen LogP contribution in [0.5, 0.6) is 0 Å². The summed E-state index contributed by atoms with van der Waals surface area (Å²) in [6.45, 7) is 6.19. The second-order valence-corrected chi connectivity index (χ2v) is 8.23. The Morgan fingerprint density at radius 2 is 1.97 bits per heavy atom. The number of imidazole rings is 1. The lowest BCUT2D eigenvalue weighted by Crippen LogP contribution is -2.27. The quantitative estimate of drug-likeness (QED) is 0.720. The lowest BCUT2D eigenvalue weighted by atomic mass is 9.77. The lowest BCUT2D eigenvalue weighted by molar-refractivity contribution is -0.191. The van der Waals surface area contributed by atoms with Gasteiger partial charge >= 0.3 is 12.1 Å². The van der Waals surface area contributed by atoms with Gasteiger partial charge in [0.25, 0.3) is 0 Å². The molecule has 1 aromatic heterocycles. The Hall–Kier alpha value is -3.23. The van der Waals surface area contributed by atoms with E-state index in [-0.39, 0.29) is 29.4 Å². The van der Waals surface area contributed by atoms with Crippen molar-refractivity contribution in [1.29, 1.82) is 5.26 Å². The van der Waals surface area contributed by atoms with Crippen molar-refractivity contribution in [2.45, 2.75) is 39.0 Å². The van der Waals surface area contributed by atoms with Crippen LogP contribution in [0.3, 0.4) is 0 Å². The first-order valence-electron chi connectivity index (χ1n) is 9.31. The number of ether oxygens (including phenoxy) is 1. The van der Waals surface area contributed by atoms with E-state index in [1.807, 2.05) is 41.1 Å². The molecule has 2 aromatic rings. The predicted octanol–water partition coefficient (Wildman–Crippen LogP) is 3.30. The Morgan fingerprint density at radius 1 is 1.34 bits per heavy atom. The molecule has 7 nitrogen and oxygen atoms in total. The van der Waals surface area contributed by atoms with E-state index in [2.05, 4.69) is 31.8 Å². The van der Waals surface area contributed by atoms with Gasteiger partial charge in [-0.2, -0.15) is 14.9 Å². The number of rotatable bonds is 5. The normalized spacial score (nSPS) is 21.0. The summed E-state index contributed by atoms with van der Waals surface area (Å²) in [5, 5.41) is 9.54. The highest BCUT2D eigenvalue weighted by Crippen LogP contribution is 2.58. The van der Waals surface area contributed by atoms with Crippen LogP contribution in [0.25, 0.3) is 5.69 Å². The Kier molecular flexibility index (Phi) is 6.73. The molecule has 0 N–H and O–H groups in total. The summed E-state index contributed by atoms with van der Waals surface area (Å²) in [7, 11) is 1.42. The van der Waals surface area contributed by atoms with Gasteiger partial charge in [-0.15, -0.1) is 0 Å². The van der Waals surface area contributed by atoms with Crippen molar-refractivity contribution in [1.82, 2.24) is 9.55 Å². The number of hydrogen-bond acceptors (Lipinski definition) is 6. The van der Waals surface area contributed by atoms with Crippen LogP contribution in [0, 0.1) is 28.6 Å². The number of para-hydroxylation sites is 1. The average molecular weight is 395 g/mol. The number of carbonyl (C=O) groups is 1. The van der Waals surface area contributed by atoms with E-state index < -0.39 is 5.41 Å². The second-order valence-electron chi connectivity index (χ2n) is 8.23. The van der Waals surface area contributed by atoms with Crippen LogP contribution in [0.4, 0.5) is 0 Å². The molecule has 1 saturated carbocycles. The number of benzene rings is 1. The Balaban J connectivity index is 0.000000941. The molecule has 0 aliphatic heterocycles. The summed E-state index contributed by atoms with van der Waals surface area (Å²) >= 11 is 0. The fraction of sp³-hybridized carbons (Fsp3) is 0.455. The van der Waals surface area contributed by atoms with Crippen molar-refractivity contribution in [3.63, 3.8) is 0 Å². The summed E-state index contributed by atoms with van der Waals surface area (Å²) in [4.78, 5) is 33.4. The van der Waals surface area contributed by atoms with Gasteiger partial charge in [-0.05, 0) is 36.3 Å². The van der Waals surface area contributed by atoms with Gasteiger partial charge in [0.2, 0.25) is 0 Å². The molecule has 1 aromatic carbocycles. The van der Waals surface area contributed by atoms with E-state index in [4.69, 9.17) is 14.3 Å². The highest BCUT2D eigenvalue weighted by Gasteiger charge is 2.64. The summed E-state index contributed by atoms with van der Waals surface area (Å²) in [6.07, 6.45) is 5.24. The molecule has 0 spiro atoms. The molecule has 7 heteroatoms. The van der Waals surface area contributed by atoms with Crippen molar-refractivity contribution in [2.75, 3.05) is 7.11 Å². The molecule has 0 amide bonds. The third kappa shape index (κ3) is 4.61. The fourth-order valence-corrected chi connectivity index (χ4v) is 3.64. The smallest absolute Gasteiger partial charge is 0.373 e. The molecule has 0 radical (unpaired) electrons. The van der Waals surface area contributed by atoms with Gasteiger partial charge in [0.15, 0.2) is 0 Å². The summed E-state index contributed by atoms with van der Waals surface area (Å²) in [6, 6.07) is 12.3. The van der Waals surface area contributed by atoms with Crippen molar-refractivity contribution in [3.8, 4) is 11.8 Å². The average Bonchev–Trinajstić information content (AvgIpc) is 3.20.